The molecule has 0 amide bonds. The highest BCUT2D eigenvalue weighted by Crippen LogP contribution is 2.33. The van der Waals surface area contributed by atoms with Crippen molar-refractivity contribution in [1.82, 2.24) is 4.72 Å². The number of sulfonamides is 1. The second-order valence-electron chi connectivity index (χ2n) is 6.48. The summed E-state index contributed by atoms with van der Waals surface area (Å²) in [6.07, 6.45) is 2.99. The van der Waals surface area contributed by atoms with E-state index < -0.39 is 21.4 Å². The van der Waals surface area contributed by atoms with E-state index in [1.165, 1.54) is 24.3 Å². The molecular weight excluding hydrogens is 350 g/mol. The Kier molecular flexibility index (Phi) is 7.70. The van der Waals surface area contributed by atoms with Crippen LogP contribution in [0.5, 0.6) is 0 Å². The molecule has 1 atom stereocenters. The van der Waals surface area contributed by atoms with Gasteiger partial charge in [0.25, 0.3) is 0 Å². The normalized spacial score (nSPS) is 13.7. The van der Waals surface area contributed by atoms with Crippen LogP contribution < -0.4 is 4.72 Å². The molecule has 24 heavy (non-hydrogen) atoms. The predicted molar refractivity (Wildman–Crippen MR) is 95.7 cm³/mol. The molecule has 5 nitrogen and oxygen atoms in total. The van der Waals surface area contributed by atoms with Gasteiger partial charge in [0.2, 0.25) is 10.0 Å². The number of benzene rings is 1. The van der Waals surface area contributed by atoms with Crippen molar-refractivity contribution in [2.45, 2.75) is 51.3 Å². The lowest BCUT2D eigenvalue weighted by atomic mass is 9.75. The molecule has 0 radical (unpaired) electrons. The van der Waals surface area contributed by atoms with E-state index in [0.717, 1.165) is 19.3 Å². The number of unbranched alkanes of at least 4 members (excludes halogenated alkanes) is 1. The molecule has 0 spiro atoms. The molecule has 1 rings (SSSR count). The third-order valence-electron chi connectivity index (χ3n) is 4.46. The van der Waals surface area contributed by atoms with Gasteiger partial charge in [0.1, 0.15) is 0 Å². The van der Waals surface area contributed by atoms with Gasteiger partial charge >= 0.3 is 5.97 Å². The third-order valence-corrected chi connectivity index (χ3v) is 6.19. The van der Waals surface area contributed by atoms with Gasteiger partial charge in [-0.05, 0) is 56.9 Å². The van der Waals surface area contributed by atoms with Crippen LogP contribution in [0, 0.1) is 11.3 Å². The summed E-state index contributed by atoms with van der Waals surface area (Å²) in [5, 5.41) is 9.78. The molecule has 0 aliphatic carbocycles. The number of carboxylic acid groups (broad SMARTS) is 1. The average Bonchev–Trinajstić information content (AvgIpc) is 2.50. The van der Waals surface area contributed by atoms with Crippen LogP contribution >= 0.6 is 11.6 Å². The summed E-state index contributed by atoms with van der Waals surface area (Å²) >= 11 is 5.75. The Morgan fingerprint density at radius 1 is 1.25 bits per heavy atom. The van der Waals surface area contributed by atoms with Gasteiger partial charge < -0.3 is 5.11 Å². The number of aliphatic carboxylic acids is 1. The fraction of sp³-hybridized carbons (Fsp3) is 0.588. The topological polar surface area (TPSA) is 83.5 Å². The monoisotopic (exact) mass is 375 g/mol. The van der Waals surface area contributed by atoms with Crippen LogP contribution in [0.1, 0.15) is 46.5 Å². The van der Waals surface area contributed by atoms with Gasteiger partial charge in [-0.2, -0.15) is 0 Å². The van der Waals surface area contributed by atoms with Gasteiger partial charge in [0.05, 0.1) is 10.3 Å². The van der Waals surface area contributed by atoms with Crippen LogP contribution in [-0.2, 0) is 14.8 Å². The Morgan fingerprint density at radius 3 is 2.33 bits per heavy atom. The van der Waals surface area contributed by atoms with Gasteiger partial charge in [-0.15, -0.1) is 0 Å². The molecule has 0 saturated heterocycles. The summed E-state index contributed by atoms with van der Waals surface area (Å²) in [6.45, 7) is 5.80. The number of hydrogen-bond donors (Lipinski definition) is 2. The Bertz CT molecular complexity index is 641. The van der Waals surface area contributed by atoms with E-state index in [1.54, 1.807) is 13.8 Å². The van der Waals surface area contributed by atoms with E-state index in [2.05, 4.69) is 4.72 Å². The van der Waals surface area contributed by atoms with E-state index in [-0.39, 0.29) is 10.8 Å². The summed E-state index contributed by atoms with van der Waals surface area (Å²) in [5.41, 5.74) is -0.766. The molecule has 7 heteroatoms. The van der Waals surface area contributed by atoms with E-state index in [4.69, 9.17) is 11.6 Å². The lowest BCUT2D eigenvalue weighted by Gasteiger charge is -2.29. The SMILES string of the molecule is CCC(CCCCNS(=O)(=O)c1ccc(Cl)cc1)C(C)(C)C(=O)O. The van der Waals surface area contributed by atoms with Gasteiger partial charge in [-0.3, -0.25) is 4.79 Å². The van der Waals surface area contributed by atoms with Gasteiger partial charge in [0, 0.05) is 11.6 Å². The first-order chi connectivity index (χ1) is 11.1. The van der Waals surface area contributed by atoms with Gasteiger partial charge in [-0.1, -0.05) is 31.4 Å². The number of rotatable bonds is 10. The highest BCUT2D eigenvalue weighted by Gasteiger charge is 2.34. The molecule has 1 aromatic carbocycles. The van der Waals surface area contributed by atoms with Crippen molar-refractivity contribution in [2.75, 3.05) is 6.54 Å². The zero-order chi connectivity index (χ0) is 18.4. The van der Waals surface area contributed by atoms with Crippen LogP contribution in [0.2, 0.25) is 5.02 Å². The Balaban J connectivity index is 2.45. The summed E-state index contributed by atoms with van der Waals surface area (Å²) in [6, 6.07) is 6.01. The summed E-state index contributed by atoms with van der Waals surface area (Å²) < 4.78 is 26.8. The molecule has 1 unspecified atom stereocenters. The standard InChI is InChI=1S/C17H26ClNO4S/c1-4-13(17(2,3)16(20)21)7-5-6-12-19-24(22,23)15-10-8-14(18)9-11-15/h8-11,13,19H,4-7,12H2,1-3H3,(H,20,21). The molecule has 0 aromatic heterocycles. The van der Waals surface area contributed by atoms with Crippen molar-refractivity contribution in [3.63, 3.8) is 0 Å². The number of hydrogen-bond acceptors (Lipinski definition) is 3. The van der Waals surface area contributed by atoms with Crippen LogP contribution in [0.3, 0.4) is 0 Å². The van der Waals surface area contributed by atoms with Crippen molar-refractivity contribution >= 4 is 27.6 Å². The first kappa shape index (κ1) is 20.9. The first-order valence-electron chi connectivity index (χ1n) is 8.10. The minimum atomic E-state index is -3.53. The number of carbonyl (C=O) groups is 1. The van der Waals surface area contributed by atoms with Crippen LogP contribution in [0.4, 0.5) is 0 Å². The molecule has 0 aliphatic heterocycles. The highest BCUT2D eigenvalue weighted by molar-refractivity contribution is 7.89. The predicted octanol–water partition coefficient (Wildman–Crippen LogP) is 3.93. The Labute approximate surface area is 149 Å². The molecule has 136 valence electrons. The molecule has 0 aliphatic rings. The maximum Gasteiger partial charge on any atom is 0.309 e. The summed E-state index contributed by atoms with van der Waals surface area (Å²) in [5.74, 6) is -0.722. The lowest BCUT2D eigenvalue weighted by Crippen LogP contribution is -2.32. The van der Waals surface area contributed by atoms with Crippen molar-refractivity contribution < 1.29 is 18.3 Å². The second kappa shape index (κ2) is 8.83. The summed E-state index contributed by atoms with van der Waals surface area (Å²) in [4.78, 5) is 11.5. The van der Waals surface area contributed by atoms with E-state index in [9.17, 15) is 18.3 Å². The van der Waals surface area contributed by atoms with Crippen molar-refractivity contribution in [2.24, 2.45) is 11.3 Å². The quantitative estimate of drug-likeness (QED) is 0.607. The Morgan fingerprint density at radius 2 is 1.83 bits per heavy atom. The minimum absolute atomic E-state index is 0.0721. The lowest BCUT2D eigenvalue weighted by molar-refractivity contribution is -0.150. The Hall–Kier alpha value is -1.11. The van der Waals surface area contributed by atoms with Crippen LogP contribution in [-0.4, -0.2) is 26.0 Å². The fourth-order valence-corrected chi connectivity index (χ4v) is 3.87. The fourth-order valence-electron chi connectivity index (χ4n) is 2.67. The van der Waals surface area contributed by atoms with Gasteiger partial charge in [0.15, 0.2) is 0 Å². The molecule has 1 aromatic rings. The van der Waals surface area contributed by atoms with Crippen molar-refractivity contribution in [3.05, 3.63) is 29.3 Å². The molecular formula is C17H26ClNO4S. The number of halogens is 1. The van der Waals surface area contributed by atoms with Gasteiger partial charge in [-0.25, -0.2) is 13.1 Å². The highest BCUT2D eigenvalue weighted by atomic mass is 35.5. The summed E-state index contributed by atoms with van der Waals surface area (Å²) in [7, 11) is -3.53. The van der Waals surface area contributed by atoms with E-state index in [0.29, 0.717) is 18.0 Å². The molecule has 2 N–H and O–H groups in total. The zero-order valence-corrected chi connectivity index (χ0v) is 16.0. The number of nitrogens with one attached hydrogen (secondary N) is 1. The minimum Gasteiger partial charge on any atom is -0.481 e. The maximum atomic E-state index is 12.1. The van der Waals surface area contributed by atoms with Crippen molar-refractivity contribution in [3.8, 4) is 0 Å². The van der Waals surface area contributed by atoms with E-state index in [1.807, 2.05) is 6.92 Å². The third kappa shape index (κ3) is 5.76. The van der Waals surface area contributed by atoms with E-state index >= 15 is 0 Å². The van der Waals surface area contributed by atoms with Crippen molar-refractivity contribution in [1.29, 1.82) is 0 Å². The number of carboxylic acids is 1. The van der Waals surface area contributed by atoms with Crippen LogP contribution in [0.15, 0.2) is 29.2 Å². The second-order valence-corrected chi connectivity index (χ2v) is 8.68. The maximum absolute atomic E-state index is 12.1. The van der Waals surface area contributed by atoms with Crippen LogP contribution in [0.25, 0.3) is 0 Å². The molecule has 0 heterocycles. The first-order valence-corrected chi connectivity index (χ1v) is 9.96. The molecule has 0 fully saturated rings. The smallest absolute Gasteiger partial charge is 0.309 e. The largest absolute Gasteiger partial charge is 0.481 e. The molecule has 0 saturated carbocycles. The average molecular weight is 376 g/mol. The molecule has 0 bridgehead atoms. The zero-order valence-electron chi connectivity index (χ0n) is 14.4.